The molecule has 3 aliphatic rings. The number of hydrogen-bond donors (Lipinski definition) is 1. The summed E-state index contributed by atoms with van der Waals surface area (Å²) >= 11 is 0. The Morgan fingerprint density at radius 3 is 2.46 bits per heavy atom. The van der Waals surface area contributed by atoms with Gasteiger partial charge in [-0.3, -0.25) is 9.78 Å². The van der Waals surface area contributed by atoms with Crippen molar-refractivity contribution in [2.75, 3.05) is 37.6 Å². The Balaban J connectivity index is 0.000000336. The molecule has 2 aromatic rings. The summed E-state index contributed by atoms with van der Waals surface area (Å²) < 4.78 is 0. The molecule has 0 bridgehead atoms. The molecule has 5 nitrogen and oxygen atoms in total. The van der Waals surface area contributed by atoms with E-state index in [0.717, 1.165) is 13.0 Å². The third kappa shape index (κ3) is 4.53. The molecular weight excluding hydrogens is 348 g/mol. The molecule has 1 aromatic heterocycles. The van der Waals surface area contributed by atoms with Crippen LogP contribution in [-0.4, -0.2) is 48.5 Å². The van der Waals surface area contributed by atoms with Gasteiger partial charge in [-0.1, -0.05) is 6.07 Å². The molecule has 0 aliphatic carbocycles. The van der Waals surface area contributed by atoms with Crippen LogP contribution in [-0.2, 0) is 13.0 Å². The van der Waals surface area contributed by atoms with Gasteiger partial charge in [-0.15, -0.1) is 0 Å². The lowest BCUT2D eigenvalue weighted by atomic mass is 9.98. The van der Waals surface area contributed by atoms with E-state index >= 15 is 0 Å². The van der Waals surface area contributed by atoms with Gasteiger partial charge in [-0.2, -0.15) is 0 Å². The Morgan fingerprint density at radius 1 is 0.964 bits per heavy atom. The highest BCUT2D eigenvalue weighted by atomic mass is 16.2. The standard InChI is InChI=1S/C19H21N3O.C4H9N/c23-19(16-4-3-8-20-13-16)22-11-7-15-12-18(6-5-17(15)14-22)21-9-1-2-10-21;1-2-4-5-3-1/h3-6,8,12-13H,1-2,7,9-11,14H2;5H,1-4H2. The van der Waals surface area contributed by atoms with Gasteiger partial charge in [0.05, 0.1) is 5.56 Å². The molecule has 0 atom stereocenters. The molecule has 4 heterocycles. The van der Waals surface area contributed by atoms with Crippen molar-refractivity contribution in [3.05, 3.63) is 59.4 Å². The van der Waals surface area contributed by atoms with Crippen LogP contribution < -0.4 is 10.2 Å². The molecule has 28 heavy (non-hydrogen) atoms. The minimum absolute atomic E-state index is 0.0763. The Bertz CT molecular complexity index is 775. The van der Waals surface area contributed by atoms with E-state index in [1.54, 1.807) is 12.4 Å². The highest BCUT2D eigenvalue weighted by molar-refractivity contribution is 5.94. The largest absolute Gasteiger partial charge is 0.372 e. The van der Waals surface area contributed by atoms with Crippen LogP contribution in [0.1, 0.15) is 47.2 Å². The highest BCUT2D eigenvalue weighted by Gasteiger charge is 2.23. The van der Waals surface area contributed by atoms with Crippen LogP contribution in [0, 0.1) is 0 Å². The quantitative estimate of drug-likeness (QED) is 0.872. The Hall–Kier alpha value is -2.40. The monoisotopic (exact) mass is 378 g/mol. The summed E-state index contributed by atoms with van der Waals surface area (Å²) in [6.07, 6.45) is 9.65. The van der Waals surface area contributed by atoms with Crippen molar-refractivity contribution in [3.63, 3.8) is 0 Å². The van der Waals surface area contributed by atoms with Gasteiger partial charge >= 0.3 is 0 Å². The number of fused-ring (bicyclic) bond motifs is 1. The summed E-state index contributed by atoms with van der Waals surface area (Å²) in [6, 6.07) is 10.4. The Morgan fingerprint density at radius 2 is 1.79 bits per heavy atom. The van der Waals surface area contributed by atoms with Crippen LogP contribution in [0.3, 0.4) is 0 Å². The first-order valence-corrected chi connectivity index (χ1v) is 10.6. The highest BCUT2D eigenvalue weighted by Crippen LogP contribution is 2.27. The van der Waals surface area contributed by atoms with E-state index < -0.39 is 0 Å². The lowest BCUT2D eigenvalue weighted by Crippen LogP contribution is -2.36. The number of rotatable bonds is 2. The number of carbonyl (C=O) groups excluding carboxylic acids is 1. The number of carbonyl (C=O) groups is 1. The van der Waals surface area contributed by atoms with Gasteiger partial charge in [0.25, 0.3) is 5.91 Å². The van der Waals surface area contributed by atoms with Gasteiger partial charge in [0.2, 0.25) is 0 Å². The zero-order valence-electron chi connectivity index (χ0n) is 16.6. The van der Waals surface area contributed by atoms with Gasteiger partial charge in [-0.25, -0.2) is 0 Å². The molecule has 1 aromatic carbocycles. The Labute approximate surface area is 167 Å². The summed E-state index contributed by atoms with van der Waals surface area (Å²) in [5.41, 5.74) is 4.68. The van der Waals surface area contributed by atoms with E-state index in [2.05, 4.69) is 33.4 Å². The molecule has 0 saturated carbocycles. The van der Waals surface area contributed by atoms with Crippen molar-refractivity contribution >= 4 is 11.6 Å². The summed E-state index contributed by atoms with van der Waals surface area (Å²) in [7, 11) is 0. The topological polar surface area (TPSA) is 48.5 Å². The first-order valence-electron chi connectivity index (χ1n) is 10.6. The van der Waals surface area contributed by atoms with Crippen molar-refractivity contribution in [2.45, 2.75) is 38.6 Å². The summed E-state index contributed by atoms with van der Waals surface area (Å²) in [4.78, 5) is 21.0. The van der Waals surface area contributed by atoms with Crippen LogP contribution in [0.5, 0.6) is 0 Å². The van der Waals surface area contributed by atoms with Crippen molar-refractivity contribution < 1.29 is 4.79 Å². The second-order valence-electron chi connectivity index (χ2n) is 7.82. The molecule has 0 radical (unpaired) electrons. The maximum Gasteiger partial charge on any atom is 0.255 e. The normalized spacial score (nSPS) is 18.4. The summed E-state index contributed by atoms with van der Waals surface area (Å²) in [5.74, 6) is 0.0763. The first-order chi connectivity index (χ1) is 13.8. The zero-order chi connectivity index (χ0) is 19.2. The third-order valence-electron chi connectivity index (χ3n) is 5.83. The average molecular weight is 379 g/mol. The SMILES string of the molecule is C1CCNC1.O=C(c1cccnc1)N1CCc2cc(N3CCCC3)ccc2C1. The molecule has 3 aliphatic heterocycles. The fraction of sp³-hybridized carbons (Fsp3) is 0.478. The van der Waals surface area contributed by atoms with E-state index in [0.29, 0.717) is 12.1 Å². The number of pyridine rings is 1. The van der Waals surface area contributed by atoms with Gasteiger partial charge in [-0.05, 0) is 80.6 Å². The van der Waals surface area contributed by atoms with Crippen LogP contribution in [0.2, 0.25) is 0 Å². The third-order valence-corrected chi connectivity index (χ3v) is 5.83. The molecule has 5 heteroatoms. The van der Waals surface area contributed by atoms with Crippen LogP contribution in [0.15, 0.2) is 42.7 Å². The maximum atomic E-state index is 12.6. The number of aromatic nitrogens is 1. The van der Waals surface area contributed by atoms with E-state index in [4.69, 9.17) is 0 Å². The molecule has 0 unspecified atom stereocenters. The number of nitrogens with zero attached hydrogens (tertiary/aromatic N) is 3. The lowest BCUT2D eigenvalue weighted by Gasteiger charge is -2.30. The molecule has 1 amide bonds. The molecule has 2 saturated heterocycles. The molecule has 148 valence electrons. The maximum absolute atomic E-state index is 12.6. The van der Waals surface area contributed by atoms with E-state index in [9.17, 15) is 4.79 Å². The van der Waals surface area contributed by atoms with Gasteiger partial charge in [0.1, 0.15) is 0 Å². The molecule has 2 fully saturated rings. The number of nitrogens with one attached hydrogen (secondary N) is 1. The van der Waals surface area contributed by atoms with Crippen molar-refractivity contribution in [1.29, 1.82) is 0 Å². The number of benzene rings is 1. The average Bonchev–Trinajstić information content (AvgIpc) is 3.50. The van der Waals surface area contributed by atoms with Crippen molar-refractivity contribution in [3.8, 4) is 0 Å². The van der Waals surface area contributed by atoms with Crippen LogP contribution >= 0.6 is 0 Å². The summed E-state index contributed by atoms with van der Waals surface area (Å²) in [5, 5.41) is 3.22. The van der Waals surface area contributed by atoms with E-state index in [-0.39, 0.29) is 5.91 Å². The number of hydrogen-bond acceptors (Lipinski definition) is 4. The van der Waals surface area contributed by atoms with Crippen molar-refractivity contribution in [1.82, 2.24) is 15.2 Å². The number of amides is 1. The Kier molecular flexibility index (Phi) is 6.22. The van der Waals surface area contributed by atoms with Gasteiger partial charge in [0, 0.05) is 44.3 Å². The lowest BCUT2D eigenvalue weighted by molar-refractivity contribution is 0.0734. The van der Waals surface area contributed by atoms with Crippen LogP contribution in [0.25, 0.3) is 0 Å². The molecule has 1 N–H and O–H groups in total. The minimum Gasteiger partial charge on any atom is -0.372 e. The molecule has 0 spiro atoms. The van der Waals surface area contributed by atoms with Crippen LogP contribution in [0.4, 0.5) is 5.69 Å². The van der Waals surface area contributed by atoms with Gasteiger partial charge < -0.3 is 15.1 Å². The second kappa shape index (κ2) is 9.20. The second-order valence-corrected chi connectivity index (χ2v) is 7.82. The predicted molar refractivity (Wildman–Crippen MR) is 113 cm³/mol. The molecular formula is C23H30N4O. The summed E-state index contributed by atoms with van der Waals surface area (Å²) in [6.45, 7) is 6.32. The van der Waals surface area contributed by atoms with Gasteiger partial charge in [0.15, 0.2) is 0 Å². The number of anilines is 1. The first kappa shape index (κ1) is 18.9. The fourth-order valence-corrected chi connectivity index (χ4v) is 4.18. The van der Waals surface area contributed by atoms with E-state index in [1.807, 2.05) is 17.0 Å². The smallest absolute Gasteiger partial charge is 0.255 e. The van der Waals surface area contributed by atoms with Crippen molar-refractivity contribution in [2.24, 2.45) is 0 Å². The van der Waals surface area contributed by atoms with E-state index in [1.165, 1.54) is 68.7 Å². The minimum atomic E-state index is 0.0763. The molecule has 5 rings (SSSR count). The zero-order valence-corrected chi connectivity index (χ0v) is 16.6. The predicted octanol–water partition coefficient (Wildman–Crippen LogP) is 3.25. The fourth-order valence-electron chi connectivity index (χ4n) is 4.18.